The number of benzene rings is 1. The second kappa shape index (κ2) is 6.35. The Balaban J connectivity index is 1.52. The molecule has 30 heavy (non-hydrogen) atoms. The van der Waals surface area contributed by atoms with Gasteiger partial charge in [0.25, 0.3) is 0 Å². The monoisotopic (exact) mass is 392 g/mol. The fourth-order valence-corrected chi connectivity index (χ4v) is 3.75. The van der Waals surface area contributed by atoms with Gasteiger partial charge in [0.2, 0.25) is 0 Å². The van der Waals surface area contributed by atoms with Crippen LogP contribution in [0.5, 0.6) is 0 Å². The first kappa shape index (κ1) is 16.6. The number of H-pyrrole nitrogens is 2. The molecule has 0 spiro atoms. The summed E-state index contributed by atoms with van der Waals surface area (Å²) in [5.74, 6) is 0. The molecular weight excluding hydrogens is 376 g/mol. The van der Waals surface area contributed by atoms with Gasteiger partial charge in [-0.25, -0.2) is 9.97 Å². The summed E-state index contributed by atoms with van der Waals surface area (Å²) >= 11 is 0. The van der Waals surface area contributed by atoms with E-state index < -0.39 is 0 Å². The first-order valence-electron chi connectivity index (χ1n) is 9.50. The van der Waals surface area contributed by atoms with Gasteiger partial charge in [-0.05, 0) is 31.2 Å². The summed E-state index contributed by atoms with van der Waals surface area (Å²) in [5, 5.41) is 9.69. The van der Waals surface area contributed by atoms with Gasteiger partial charge < -0.3 is 9.55 Å². The molecule has 5 aromatic heterocycles. The minimum absolute atomic E-state index is 0.801. The Hall–Kier alpha value is -4.33. The van der Waals surface area contributed by atoms with E-state index in [1.165, 1.54) is 0 Å². The molecule has 0 aliphatic carbocycles. The van der Waals surface area contributed by atoms with Crippen molar-refractivity contribution >= 4 is 21.9 Å². The number of nitrogens with one attached hydrogen (secondary N) is 2. The normalized spacial score (nSPS) is 11.5. The molecule has 0 saturated carbocycles. The molecule has 5 heterocycles. The standard InChI is InChI=1S/C22H16N8/c1-13-11-30(12-26-13)20-4-5-25-22-16(20)9-18(27-22)21-15-8-14(2-3-17(15)28-29-21)19-10-23-6-7-24-19/h2-12H,1H3,(H,25,27)(H,28,29). The van der Waals surface area contributed by atoms with Crippen molar-refractivity contribution in [3.05, 3.63) is 73.3 Å². The molecule has 0 fully saturated rings. The number of nitrogens with zero attached hydrogens (tertiary/aromatic N) is 6. The van der Waals surface area contributed by atoms with Gasteiger partial charge >= 0.3 is 0 Å². The zero-order chi connectivity index (χ0) is 20.1. The minimum atomic E-state index is 0.801. The molecule has 8 heteroatoms. The Kier molecular flexibility index (Phi) is 3.51. The first-order valence-corrected chi connectivity index (χ1v) is 9.50. The molecule has 0 saturated heterocycles. The highest BCUT2D eigenvalue weighted by molar-refractivity contribution is 5.98. The van der Waals surface area contributed by atoms with Gasteiger partial charge in [0, 0.05) is 41.1 Å². The van der Waals surface area contributed by atoms with Crippen molar-refractivity contribution in [1.82, 2.24) is 39.7 Å². The SMILES string of the molecule is Cc1cn(-c2ccnc3[nH]c(-c4n[nH]c5ccc(-c6cnccn6)cc45)cc23)cn1. The summed E-state index contributed by atoms with van der Waals surface area (Å²) in [5.41, 5.74) is 7.27. The van der Waals surface area contributed by atoms with Gasteiger partial charge in [0.1, 0.15) is 11.3 Å². The van der Waals surface area contributed by atoms with Crippen LogP contribution in [0.15, 0.2) is 67.6 Å². The van der Waals surface area contributed by atoms with E-state index in [4.69, 9.17) is 0 Å². The topological polar surface area (TPSA) is 101 Å². The summed E-state index contributed by atoms with van der Waals surface area (Å²) < 4.78 is 2.01. The average molecular weight is 392 g/mol. The predicted octanol–water partition coefficient (Wildman–Crippen LogP) is 4.06. The third kappa shape index (κ3) is 2.58. The highest BCUT2D eigenvalue weighted by atomic mass is 15.1. The van der Waals surface area contributed by atoms with E-state index in [-0.39, 0.29) is 0 Å². The van der Waals surface area contributed by atoms with E-state index in [0.29, 0.717) is 0 Å². The van der Waals surface area contributed by atoms with Crippen LogP contribution in [-0.4, -0.2) is 39.7 Å². The highest BCUT2D eigenvalue weighted by Gasteiger charge is 2.15. The van der Waals surface area contributed by atoms with Gasteiger partial charge in [-0.15, -0.1) is 0 Å². The third-order valence-corrected chi connectivity index (χ3v) is 5.18. The van der Waals surface area contributed by atoms with Crippen molar-refractivity contribution in [3.63, 3.8) is 0 Å². The molecule has 0 amide bonds. The molecule has 2 N–H and O–H groups in total. The van der Waals surface area contributed by atoms with Gasteiger partial charge in [0.15, 0.2) is 0 Å². The summed E-state index contributed by atoms with van der Waals surface area (Å²) in [4.78, 5) is 20.8. The molecule has 0 atom stereocenters. The molecule has 1 aromatic carbocycles. The van der Waals surface area contributed by atoms with Gasteiger partial charge in [-0.2, -0.15) is 5.10 Å². The number of fused-ring (bicyclic) bond motifs is 2. The van der Waals surface area contributed by atoms with Crippen LogP contribution in [0.3, 0.4) is 0 Å². The number of aromatic nitrogens is 8. The highest BCUT2D eigenvalue weighted by Crippen LogP contribution is 2.32. The maximum Gasteiger partial charge on any atom is 0.139 e. The molecule has 0 radical (unpaired) electrons. The molecule has 0 bridgehead atoms. The maximum absolute atomic E-state index is 4.56. The molecular formula is C22H16N8. The van der Waals surface area contributed by atoms with Crippen molar-refractivity contribution in [3.8, 4) is 28.3 Å². The second-order valence-electron chi connectivity index (χ2n) is 7.12. The van der Waals surface area contributed by atoms with Crippen LogP contribution in [0.1, 0.15) is 5.69 Å². The smallest absolute Gasteiger partial charge is 0.139 e. The summed E-state index contributed by atoms with van der Waals surface area (Å²) in [7, 11) is 0. The Morgan fingerprint density at radius 3 is 2.73 bits per heavy atom. The van der Waals surface area contributed by atoms with Crippen LogP contribution in [-0.2, 0) is 0 Å². The largest absolute Gasteiger partial charge is 0.338 e. The van der Waals surface area contributed by atoms with Gasteiger partial charge in [0.05, 0.1) is 40.8 Å². The number of imidazole rings is 1. The Bertz CT molecular complexity index is 1510. The lowest BCUT2D eigenvalue weighted by Gasteiger charge is -2.02. The number of pyridine rings is 1. The molecule has 6 rings (SSSR count). The number of rotatable bonds is 3. The van der Waals surface area contributed by atoms with Crippen LogP contribution < -0.4 is 0 Å². The van der Waals surface area contributed by atoms with E-state index in [1.54, 1.807) is 24.8 Å². The van der Waals surface area contributed by atoms with E-state index >= 15 is 0 Å². The second-order valence-corrected chi connectivity index (χ2v) is 7.12. The van der Waals surface area contributed by atoms with E-state index in [0.717, 1.165) is 56.0 Å². The Labute approximate surface area is 170 Å². The molecule has 0 aliphatic rings. The fourth-order valence-electron chi connectivity index (χ4n) is 3.75. The predicted molar refractivity (Wildman–Crippen MR) is 114 cm³/mol. The summed E-state index contributed by atoms with van der Waals surface area (Å²) in [6.07, 6.45) is 10.7. The van der Waals surface area contributed by atoms with Gasteiger partial charge in [-0.1, -0.05) is 6.07 Å². The molecule has 6 aromatic rings. The lowest BCUT2D eigenvalue weighted by atomic mass is 10.1. The minimum Gasteiger partial charge on any atom is -0.338 e. The van der Waals surface area contributed by atoms with E-state index in [2.05, 4.69) is 47.2 Å². The molecule has 144 valence electrons. The van der Waals surface area contributed by atoms with Crippen molar-refractivity contribution in [2.24, 2.45) is 0 Å². The van der Waals surface area contributed by atoms with Crippen LogP contribution in [0.4, 0.5) is 0 Å². The van der Waals surface area contributed by atoms with Crippen LogP contribution in [0, 0.1) is 6.92 Å². The van der Waals surface area contributed by atoms with Crippen molar-refractivity contribution in [1.29, 1.82) is 0 Å². The third-order valence-electron chi connectivity index (χ3n) is 5.18. The summed E-state index contributed by atoms with van der Waals surface area (Å²) in [6, 6.07) is 10.2. The number of hydrogen-bond acceptors (Lipinski definition) is 5. The number of hydrogen-bond donors (Lipinski definition) is 2. The summed E-state index contributed by atoms with van der Waals surface area (Å²) in [6.45, 7) is 1.97. The van der Waals surface area contributed by atoms with E-state index in [1.807, 2.05) is 42.2 Å². The van der Waals surface area contributed by atoms with Crippen molar-refractivity contribution in [2.75, 3.05) is 0 Å². The van der Waals surface area contributed by atoms with Crippen molar-refractivity contribution in [2.45, 2.75) is 6.92 Å². The van der Waals surface area contributed by atoms with Crippen molar-refractivity contribution < 1.29 is 0 Å². The zero-order valence-corrected chi connectivity index (χ0v) is 16.0. The maximum atomic E-state index is 4.56. The lowest BCUT2D eigenvalue weighted by Crippen LogP contribution is -1.91. The quantitative estimate of drug-likeness (QED) is 0.473. The zero-order valence-electron chi connectivity index (χ0n) is 16.0. The van der Waals surface area contributed by atoms with Crippen LogP contribution in [0.2, 0.25) is 0 Å². The first-order chi connectivity index (χ1) is 14.8. The molecule has 0 aliphatic heterocycles. The lowest BCUT2D eigenvalue weighted by molar-refractivity contribution is 1.06. The Morgan fingerprint density at radius 1 is 0.933 bits per heavy atom. The van der Waals surface area contributed by atoms with E-state index in [9.17, 15) is 0 Å². The number of aryl methyl sites for hydroxylation is 1. The molecule has 8 nitrogen and oxygen atoms in total. The Morgan fingerprint density at radius 2 is 1.90 bits per heavy atom. The number of aromatic amines is 2. The van der Waals surface area contributed by atoms with Crippen LogP contribution in [0.25, 0.3) is 50.3 Å². The van der Waals surface area contributed by atoms with Gasteiger partial charge in [-0.3, -0.25) is 15.1 Å². The molecule has 0 unspecified atom stereocenters. The van der Waals surface area contributed by atoms with Crippen LogP contribution >= 0.6 is 0 Å². The average Bonchev–Trinajstić information content (AvgIpc) is 3.51. The fraction of sp³-hybridized carbons (Fsp3) is 0.0455.